The molecule has 3 rings (SSSR count). The Kier molecular flexibility index (Phi) is 5.15. The standard InChI is InChI=1S/C17H18F3N3O3/c1-11-13(9-21-26-11)16(24)23-7-5-12(6-8-23)10-25-15-4-2-3-14(22-15)17(18,19)20/h2-4,9,12H,5-8,10H2,1H3. The predicted molar refractivity (Wildman–Crippen MR) is 84.6 cm³/mol. The number of ether oxygens (including phenoxy) is 1. The third kappa shape index (κ3) is 4.14. The number of alkyl halides is 3. The first-order chi connectivity index (χ1) is 12.3. The van der Waals surface area contributed by atoms with E-state index in [0.717, 1.165) is 6.07 Å². The highest BCUT2D eigenvalue weighted by Gasteiger charge is 2.33. The summed E-state index contributed by atoms with van der Waals surface area (Å²) in [7, 11) is 0. The third-order valence-corrected chi connectivity index (χ3v) is 4.36. The van der Waals surface area contributed by atoms with Gasteiger partial charge in [-0.2, -0.15) is 13.2 Å². The Morgan fingerprint density at radius 1 is 1.35 bits per heavy atom. The van der Waals surface area contributed by atoms with Crippen LogP contribution in [-0.4, -0.2) is 40.6 Å². The van der Waals surface area contributed by atoms with Gasteiger partial charge >= 0.3 is 6.18 Å². The summed E-state index contributed by atoms with van der Waals surface area (Å²) in [4.78, 5) is 17.6. The van der Waals surface area contributed by atoms with Crippen LogP contribution in [0.3, 0.4) is 0 Å². The Morgan fingerprint density at radius 2 is 2.08 bits per heavy atom. The SMILES string of the molecule is Cc1oncc1C(=O)N1CCC(COc2cccc(C(F)(F)F)n2)CC1. The smallest absolute Gasteiger partial charge is 0.433 e. The van der Waals surface area contributed by atoms with Crippen LogP contribution in [0, 0.1) is 12.8 Å². The minimum Gasteiger partial charge on any atom is -0.477 e. The Morgan fingerprint density at radius 3 is 2.69 bits per heavy atom. The summed E-state index contributed by atoms with van der Waals surface area (Å²) in [6.07, 6.45) is -1.68. The van der Waals surface area contributed by atoms with E-state index in [-0.39, 0.29) is 24.3 Å². The first-order valence-electron chi connectivity index (χ1n) is 8.22. The summed E-state index contributed by atoms with van der Waals surface area (Å²) < 4.78 is 48.3. The summed E-state index contributed by atoms with van der Waals surface area (Å²) in [6.45, 7) is 3.05. The zero-order chi connectivity index (χ0) is 18.7. The van der Waals surface area contributed by atoms with Crippen molar-refractivity contribution in [3.63, 3.8) is 0 Å². The van der Waals surface area contributed by atoms with Crippen LogP contribution in [0.2, 0.25) is 0 Å². The predicted octanol–water partition coefficient (Wildman–Crippen LogP) is 3.33. The van der Waals surface area contributed by atoms with Crippen molar-refractivity contribution in [2.45, 2.75) is 25.9 Å². The van der Waals surface area contributed by atoms with Crippen molar-refractivity contribution >= 4 is 5.91 Å². The van der Waals surface area contributed by atoms with E-state index in [1.54, 1.807) is 11.8 Å². The Hall–Kier alpha value is -2.58. The highest BCUT2D eigenvalue weighted by Crippen LogP contribution is 2.29. The number of aromatic nitrogens is 2. The fourth-order valence-electron chi connectivity index (χ4n) is 2.83. The van der Waals surface area contributed by atoms with Gasteiger partial charge in [0.1, 0.15) is 17.0 Å². The van der Waals surface area contributed by atoms with Gasteiger partial charge in [0.05, 0.1) is 12.8 Å². The fraction of sp³-hybridized carbons (Fsp3) is 0.471. The fourth-order valence-corrected chi connectivity index (χ4v) is 2.83. The molecular weight excluding hydrogens is 351 g/mol. The zero-order valence-electron chi connectivity index (χ0n) is 14.1. The van der Waals surface area contributed by atoms with E-state index in [1.807, 2.05) is 0 Å². The van der Waals surface area contributed by atoms with E-state index in [9.17, 15) is 18.0 Å². The minimum absolute atomic E-state index is 0.0431. The number of halogens is 3. The molecule has 1 aliphatic heterocycles. The van der Waals surface area contributed by atoms with Crippen molar-refractivity contribution in [2.75, 3.05) is 19.7 Å². The van der Waals surface area contributed by atoms with Crippen molar-refractivity contribution < 1.29 is 27.2 Å². The van der Waals surface area contributed by atoms with Crippen molar-refractivity contribution in [3.05, 3.63) is 41.4 Å². The third-order valence-electron chi connectivity index (χ3n) is 4.36. The second-order valence-corrected chi connectivity index (χ2v) is 6.20. The number of aryl methyl sites for hydroxylation is 1. The van der Waals surface area contributed by atoms with Crippen LogP contribution < -0.4 is 4.74 Å². The molecule has 140 valence electrons. The molecule has 0 aromatic carbocycles. The first kappa shape index (κ1) is 18.2. The molecule has 2 aromatic heterocycles. The lowest BCUT2D eigenvalue weighted by molar-refractivity contribution is -0.141. The van der Waals surface area contributed by atoms with Gasteiger partial charge in [-0.15, -0.1) is 0 Å². The maximum absolute atomic E-state index is 12.7. The van der Waals surface area contributed by atoms with Crippen LogP contribution in [0.1, 0.15) is 34.7 Å². The Balaban J connectivity index is 1.50. The molecule has 1 saturated heterocycles. The number of hydrogen-bond acceptors (Lipinski definition) is 5. The van der Waals surface area contributed by atoms with Gasteiger partial charge in [0.2, 0.25) is 5.88 Å². The maximum atomic E-state index is 12.7. The average Bonchev–Trinajstić information content (AvgIpc) is 3.05. The van der Waals surface area contributed by atoms with E-state index < -0.39 is 11.9 Å². The summed E-state index contributed by atoms with van der Waals surface area (Å²) in [6, 6.07) is 3.58. The monoisotopic (exact) mass is 369 g/mol. The number of piperidine rings is 1. The van der Waals surface area contributed by atoms with Gasteiger partial charge < -0.3 is 14.2 Å². The van der Waals surface area contributed by atoms with Crippen LogP contribution in [-0.2, 0) is 6.18 Å². The number of carbonyl (C=O) groups is 1. The number of carbonyl (C=O) groups excluding carboxylic acids is 1. The minimum atomic E-state index is -4.49. The highest BCUT2D eigenvalue weighted by atomic mass is 19.4. The molecule has 26 heavy (non-hydrogen) atoms. The molecule has 9 heteroatoms. The maximum Gasteiger partial charge on any atom is 0.433 e. The van der Waals surface area contributed by atoms with Crippen molar-refractivity contribution in [1.82, 2.24) is 15.0 Å². The lowest BCUT2D eigenvalue weighted by Gasteiger charge is -2.31. The molecular formula is C17H18F3N3O3. The van der Waals surface area contributed by atoms with Crippen molar-refractivity contribution in [3.8, 4) is 5.88 Å². The van der Waals surface area contributed by atoms with Crippen LogP contribution in [0.15, 0.2) is 28.9 Å². The molecule has 1 aliphatic rings. The Bertz CT molecular complexity index is 768. The molecule has 0 atom stereocenters. The van der Waals surface area contributed by atoms with E-state index in [1.165, 1.54) is 18.3 Å². The average molecular weight is 369 g/mol. The quantitative estimate of drug-likeness (QED) is 0.827. The first-order valence-corrected chi connectivity index (χ1v) is 8.22. The molecule has 1 fully saturated rings. The molecule has 2 aromatic rings. The van der Waals surface area contributed by atoms with Gasteiger partial charge in [0.25, 0.3) is 5.91 Å². The molecule has 0 bridgehead atoms. The van der Waals surface area contributed by atoms with Gasteiger partial charge in [-0.1, -0.05) is 11.2 Å². The number of likely N-dealkylation sites (tertiary alicyclic amines) is 1. The van der Waals surface area contributed by atoms with E-state index in [2.05, 4.69) is 10.1 Å². The summed E-state index contributed by atoms with van der Waals surface area (Å²) in [5.41, 5.74) is -0.521. The second kappa shape index (κ2) is 7.35. The largest absolute Gasteiger partial charge is 0.477 e. The molecule has 0 saturated carbocycles. The molecule has 3 heterocycles. The lowest BCUT2D eigenvalue weighted by atomic mass is 9.97. The number of nitrogens with zero attached hydrogens (tertiary/aromatic N) is 3. The van der Waals surface area contributed by atoms with Gasteiger partial charge in [0.15, 0.2) is 0 Å². The summed E-state index contributed by atoms with van der Waals surface area (Å²) in [5.74, 6) is 0.469. The molecule has 0 unspecified atom stereocenters. The van der Waals surface area contributed by atoms with E-state index in [4.69, 9.17) is 9.26 Å². The van der Waals surface area contributed by atoms with Gasteiger partial charge in [-0.3, -0.25) is 4.79 Å². The molecule has 0 aliphatic carbocycles. The molecule has 1 amide bonds. The molecule has 0 spiro atoms. The lowest BCUT2D eigenvalue weighted by Crippen LogP contribution is -2.39. The van der Waals surface area contributed by atoms with Crippen LogP contribution in [0.4, 0.5) is 13.2 Å². The van der Waals surface area contributed by atoms with Crippen molar-refractivity contribution in [2.24, 2.45) is 5.92 Å². The number of pyridine rings is 1. The number of rotatable bonds is 4. The van der Waals surface area contributed by atoms with Gasteiger partial charge in [0, 0.05) is 19.2 Å². The number of amides is 1. The van der Waals surface area contributed by atoms with E-state index in [0.29, 0.717) is 37.3 Å². The summed E-state index contributed by atoms with van der Waals surface area (Å²) in [5, 5.41) is 3.61. The van der Waals surface area contributed by atoms with Gasteiger partial charge in [-0.25, -0.2) is 4.98 Å². The molecule has 6 nitrogen and oxygen atoms in total. The van der Waals surface area contributed by atoms with E-state index >= 15 is 0 Å². The topological polar surface area (TPSA) is 68.5 Å². The van der Waals surface area contributed by atoms with Crippen LogP contribution in [0.25, 0.3) is 0 Å². The van der Waals surface area contributed by atoms with Crippen LogP contribution >= 0.6 is 0 Å². The molecule has 0 N–H and O–H groups in total. The number of hydrogen-bond donors (Lipinski definition) is 0. The molecule has 0 radical (unpaired) electrons. The zero-order valence-corrected chi connectivity index (χ0v) is 14.1. The summed E-state index contributed by atoms with van der Waals surface area (Å²) >= 11 is 0. The highest BCUT2D eigenvalue weighted by molar-refractivity contribution is 5.94. The van der Waals surface area contributed by atoms with Crippen molar-refractivity contribution in [1.29, 1.82) is 0 Å². The second-order valence-electron chi connectivity index (χ2n) is 6.20. The van der Waals surface area contributed by atoms with Crippen LogP contribution in [0.5, 0.6) is 5.88 Å². The van der Waals surface area contributed by atoms with Gasteiger partial charge in [-0.05, 0) is 31.7 Å². The Labute approximate surface area is 147 Å². The normalized spacial score (nSPS) is 15.9.